The number of pyridine rings is 1. The zero-order chi connectivity index (χ0) is 5.82. The normalized spacial score (nSPS) is 5.25. The molecule has 12 heavy (non-hydrogen) atoms. The monoisotopic (exact) mass is 172 g/mol. The third-order valence-corrected chi connectivity index (χ3v) is 0.809. The molecule has 1 rings (SSSR count). The second kappa shape index (κ2) is 12.2. The first-order valence-corrected chi connectivity index (χ1v) is 2.23. The molecule has 0 aliphatic heterocycles. The van der Waals surface area contributed by atoms with Gasteiger partial charge in [-0.15, -0.1) is 0 Å². The van der Waals surface area contributed by atoms with Crippen molar-refractivity contribution < 1.29 is 14.1 Å². The first-order valence-electron chi connectivity index (χ1n) is 2.23. The average molecular weight is 172 g/mol. The van der Waals surface area contributed by atoms with Crippen LogP contribution in [0.4, 0.5) is 0 Å². The van der Waals surface area contributed by atoms with Gasteiger partial charge in [-0.2, -0.15) is 5.26 Å². The molecule has 0 spiro atoms. The van der Waals surface area contributed by atoms with Gasteiger partial charge in [-0.3, -0.25) is 4.98 Å². The molecule has 0 N–H and O–H groups in total. The Bertz CT molecular complexity index is 212. The molecule has 0 bridgehead atoms. The van der Waals surface area contributed by atoms with E-state index in [1.165, 1.54) is 0 Å². The number of halogens is 3. The van der Waals surface area contributed by atoms with Gasteiger partial charge in [0.05, 0.1) is 11.6 Å². The maximum Gasteiger partial charge on any atom is 3.00 e. The van der Waals surface area contributed by atoms with Crippen LogP contribution in [0.25, 0.3) is 0 Å². The summed E-state index contributed by atoms with van der Waals surface area (Å²) in [4.78, 5) is 3.74. The van der Waals surface area contributed by atoms with Gasteiger partial charge in [-0.1, -0.05) is 0 Å². The Kier molecular flexibility index (Phi) is 22.8. The Morgan fingerprint density at radius 1 is 1.08 bits per heavy atom. The Labute approximate surface area is 69.9 Å². The summed E-state index contributed by atoms with van der Waals surface area (Å²) in [7, 11) is 0. The van der Waals surface area contributed by atoms with Crippen molar-refractivity contribution in [2.45, 2.75) is 0 Å². The summed E-state index contributed by atoms with van der Waals surface area (Å²) in [5.41, 5.74) is 0.653. The molecule has 0 aliphatic carbocycles. The molecule has 0 atom stereocenters. The van der Waals surface area contributed by atoms with E-state index in [0.717, 1.165) is 0 Å². The van der Waals surface area contributed by atoms with Crippen molar-refractivity contribution in [2.75, 3.05) is 0 Å². The molecular formula is C6H4BF3N2. The van der Waals surface area contributed by atoms with Crippen molar-refractivity contribution in [2.24, 2.45) is 0 Å². The predicted octanol–water partition coefficient (Wildman–Crippen LogP) is -8.42. The molecule has 0 radical (unpaired) electrons. The van der Waals surface area contributed by atoms with E-state index in [1.54, 1.807) is 24.5 Å². The minimum absolute atomic E-state index is 0. The Morgan fingerprint density at radius 2 is 1.50 bits per heavy atom. The van der Waals surface area contributed by atoms with Crippen LogP contribution in [0.5, 0.6) is 0 Å². The van der Waals surface area contributed by atoms with E-state index in [9.17, 15) is 0 Å². The fourth-order valence-corrected chi connectivity index (χ4v) is 0.426. The van der Waals surface area contributed by atoms with Crippen molar-refractivity contribution in [3.8, 4) is 6.07 Å². The van der Waals surface area contributed by atoms with Crippen LogP contribution < -0.4 is 14.1 Å². The minimum atomic E-state index is 0. The van der Waals surface area contributed by atoms with E-state index < -0.39 is 0 Å². The Morgan fingerprint density at radius 3 is 1.75 bits per heavy atom. The topological polar surface area (TPSA) is 36.7 Å². The summed E-state index contributed by atoms with van der Waals surface area (Å²) in [6, 6.07) is 5.32. The molecule has 1 aromatic rings. The SMILES string of the molecule is N#Cc1ccncc1.[B+3].[F-].[F-].[F-]. The van der Waals surface area contributed by atoms with Gasteiger partial charge in [0.2, 0.25) is 0 Å². The van der Waals surface area contributed by atoms with Gasteiger partial charge in [0.15, 0.2) is 0 Å². The number of aromatic nitrogens is 1. The molecule has 1 aromatic heterocycles. The van der Waals surface area contributed by atoms with E-state index >= 15 is 0 Å². The molecule has 0 amide bonds. The van der Waals surface area contributed by atoms with Crippen LogP contribution in [-0.4, -0.2) is 13.4 Å². The van der Waals surface area contributed by atoms with Crippen molar-refractivity contribution in [3.05, 3.63) is 30.1 Å². The molecule has 2 nitrogen and oxygen atoms in total. The molecule has 0 aromatic carbocycles. The van der Waals surface area contributed by atoms with Crippen molar-refractivity contribution >= 4 is 8.41 Å². The first-order chi connectivity index (χ1) is 3.93. The van der Waals surface area contributed by atoms with E-state index in [-0.39, 0.29) is 22.5 Å². The summed E-state index contributed by atoms with van der Waals surface area (Å²) in [5, 5.41) is 8.26. The molecule has 1 heterocycles. The van der Waals surface area contributed by atoms with Crippen molar-refractivity contribution in [1.29, 1.82) is 5.26 Å². The third kappa shape index (κ3) is 6.61. The van der Waals surface area contributed by atoms with Crippen molar-refractivity contribution in [3.63, 3.8) is 0 Å². The van der Waals surface area contributed by atoms with Crippen LogP contribution in [-0.2, 0) is 0 Å². The van der Waals surface area contributed by atoms with Gasteiger partial charge in [0.1, 0.15) is 0 Å². The summed E-state index contributed by atoms with van der Waals surface area (Å²) < 4.78 is 0. The second-order valence-corrected chi connectivity index (χ2v) is 1.35. The number of rotatable bonds is 0. The number of nitriles is 1. The summed E-state index contributed by atoms with van der Waals surface area (Å²) in [5.74, 6) is 0. The molecule has 0 fully saturated rings. The van der Waals surface area contributed by atoms with Crippen molar-refractivity contribution in [1.82, 2.24) is 4.98 Å². The zero-order valence-corrected chi connectivity index (χ0v) is 5.92. The van der Waals surface area contributed by atoms with Gasteiger partial charge in [0.25, 0.3) is 0 Å². The maximum absolute atomic E-state index is 8.26. The second-order valence-electron chi connectivity index (χ2n) is 1.35. The van der Waals surface area contributed by atoms with E-state index in [0.29, 0.717) is 5.56 Å². The summed E-state index contributed by atoms with van der Waals surface area (Å²) in [6.45, 7) is 0. The van der Waals surface area contributed by atoms with E-state index in [4.69, 9.17) is 5.26 Å². The summed E-state index contributed by atoms with van der Waals surface area (Å²) >= 11 is 0. The number of nitrogens with zero attached hydrogens (tertiary/aromatic N) is 2. The smallest absolute Gasteiger partial charge is 1.00 e. The fourth-order valence-electron chi connectivity index (χ4n) is 0.426. The van der Waals surface area contributed by atoms with Crippen LogP contribution in [0.1, 0.15) is 5.56 Å². The van der Waals surface area contributed by atoms with Crippen LogP contribution in [0.15, 0.2) is 24.5 Å². The van der Waals surface area contributed by atoms with E-state index in [2.05, 4.69) is 4.98 Å². The van der Waals surface area contributed by atoms with Gasteiger partial charge in [0, 0.05) is 12.4 Å². The van der Waals surface area contributed by atoms with Gasteiger partial charge in [-0.25, -0.2) is 0 Å². The molecule has 0 saturated heterocycles. The van der Waals surface area contributed by atoms with Gasteiger partial charge >= 0.3 is 8.41 Å². The first kappa shape index (κ1) is 22.4. The molecular weight excluding hydrogens is 168 g/mol. The number of hydrogen-bond acceptors (Lipinski definition) is 2. The quantitative estimate of drug-likeness (QED) is 0.364. The van der Waals surface area contributed by atoms with Crippen LogP contribution in [0.2, 0.25) is 0 Å². The zero-order valence-electron chi connectivity index (χ0n) is 5.92. The van der Waals surface area contributed by atoms with Gasteiger partial charge < -0.3 is 14.1 Å². The van der Waals surface area contributed by atoms with Gasteiger partial charge in [-0.05, 0) is 12.1 Å². The maximum atomic E-state index is 8.26. The van der Waals surface area contributed by atoms with Crippen LogP contribution in [0.3, 0.4) is 0 Å². The standard InChI is InChI=1S/C6H4N2.B.3FH/c7-5-6-1-3-8-4-2-6;;;;/h1-4H;;3*1H/q;+3;;;/p-3. The van der Waals surface area contributed by atoms with Crippen LogP contribution in [0, 0.1) is 11.3 Å². The number of hydrogen-bond donors (Lipinski definition) is 0. The Balaban J connectivity index is -0.0000000800. The van der Waals surface area contributed by atoms with E-state index in [1.807, 2.05) is 6.07 Å². The minimum Gasteiger partial charge on any atom is -1.00 e. The van der Waals surface area contributed by atoms with Crippen LogP contribution >= 0.6 is 0 Å². The average Bonchev–Trinajstić information content (AvgIpc) is 1.90. The molecule has 62 valence electrons. The third-order valence-electron chi connectivity index (χ3n) is 0.809. The Hall–Kier alpha value is -1.51. The molecule has 6 heteroatoms. The molecule has 0 unspecified atom stereocenters. The fraction of sp³-hybridized carbons (Fsp3) is 0. The largest absolute Gasteiger partial charge is 3.00 e. The molecule has 0 saturated carbocycles. The predicted molar refractivity (Wildman–Crippen MR) is 34.7 cm³/mol. The molecule has 0 aliphatic rings. The summed E-state index contributed by atoms with van der Waals surface area (Å²) in [6.07, 6.45) is 3.19.